The van der Waals surface area contributed by atoms with Crippen molar-refractivity contribution in [1.29, 1.82) is 5.26 Å². The minimum Gasteiger partial charge on any atom is -0.355 e. The summed E-state index contributed by atoms with van der Waals surface area (Å²) < 4.78 is 0. The van der Waals surface area contributed by atoms with E-state index in [2.05, 4.69) is 28.2 Å². The van der Waals surface area contributed by atoms with Crippen molar-refractivity contribution in [3.63, 3.8) is 0 Å². The second-order valence-electron chi connectivity index (χ2n) is 4.32. The maximum absolute atomic E-state index is 8.86. The van der Waals surface area contributed by atoms with Crippen LogP contribution < -0.4 is 10.2 Å². The van der Waals surface area contributed by atoms with E-state index in [-0.39, 0.29) is 0 Å². The Balaban J connectivity index is 2.08. The number of nitriles is 1. The molecule has 90 valence electrons. The summed E-state index contributed by atoms with van der Waals surface area (Å²) in [5.74, 6) is 0.903. The highest BCUT2D eigenvalue weighted by Gasteiger charge is 2.17. The third-order valence-corrected chi connectivity index (χ3v) is 3.16. The lowest BCUT2D eigenvalue weighted by Crippen LogP contribution is -2.38. The Morgan fingerprint density at radius 3 is 3.12 bits per heavy atom. The first kappa shape index (κ1) is 11.9. The van der Waals surface area contributed by atoms with Crippen LogP contribution in [0, 0.1) is 11.3 Å². The summed E-state index contributed by atoms with van der Waals surface area (Å²) in [6.07, 6.45) is 2.49. The summed E-state index contributed by atoms with van der Waals surface area (Å²) >= 11 is 0. The third-order valence-electron chi connectivity index (χ3n) is 3.16. The molecule has 1 aliphatic heterocycles. The molecule has 1 saturated heterocycles. The molecule has 1 aromatic heterocycles. The molecule has 2 heterocycles. The van der Waals surface area contributed by atoms with Crippen LogP contribution in [-0.4, -0.2) is 30.7 Å². The zero-order valence-electron chi connectivity index (χ0n) is 10.2. The molecule has 0 bridgehead atoms. The Morgan fingerprint density at radius 2 is 2.47 bits per heavy atom. The quantitative estimate of drug-likeness (QED) is 0.852. The van der Waals surface area contributed by atoms with Crippen LogP contribution in [0.25, 0.3) is 0 Å². The highest BCUT2D eigenvalue weighted by atomic mass is 15.2. The van der Waals surface area contributed by atoms with E-state index in [0.29, 0.717) is 11.7 Å². The van der Waals surface area contributed by atoms with Gasteiger partial charge in [-0.15, -0.1) is 0 Å². The Hall–Kier alpha value is -1.60. The minimum atomic E-state index is 0.486. The first-order chi connectivity index (χ1) is 8.33. The molecule has 1 atom stereocenters. The molecule has 1 aromatic rings. The smallest absolute Gasteiger partial charge is 0.142 e. The molecule has 4 nitrogen and oxygen atoms in total. The van der Waals surface area contributed by atoms with Gasteiger partial charge in [-0.05, 0) is 38.4 Å². The SMILES string of the molecule is CCN(CC1CCCN1)c1cccc(C#N)n1. The van der Waals surface area contributed by atoms with Crippen molar-refractivity contribution in [2.75, 3.05) is 24.5 Å². The van der Waals surface area contributed by atoms with Gasteiger partial charge in [0, 0.05) is 19.1 Å². The number of rotatable bonds is 4. The molecule has 0 amide bonds. The number of hydrogen-bond donors (Lipinski definition) is 1. The van der Waals surface area contributed by atoms with Crippen molar-refractivity contribution >= 4 is 5.82 Å². The maximum Gasteiger partial charge on any atom is 0.142 e. The van der Waals surface area contributed by atoms with Gasteiger partial charge in [-0.2, -0.15) is 5.26 Å². The van der Waals surface area contributed by atoms with E-state index in [1.54, 1.807) is 6.07 Å². The van der Waals surface area contributed by atoms with Gasteiger partial charge >= 0.3 is 0 Å². The van der Waals surface area contributed by atoms with Gasteiger partial charge in [-0.25, -0.2) is 4.98 Å². The number of anilines is 1. The van der Waals surface area contributed by atoms with E-state index in [1.165, 1.54) is 12.8 Å². The predicted molar refractivity (Wildman–Crippen MR) is 67.9 cm³/mol. The van der Waals surface area contributed by atoms with E-state index in [4.69, 9.17) is 5.26 Å². The van der Waals surface area contributed by atoms with E-state index in [9.17, 15) is 0 Å². The lowest BCUT2D eigenvalue weighted by Gasteiger charge is -2.25. The average Bonchev–Trinajstić information content (AvgIpc) is 2.89. The zero-order valence-corrected chi connectivity index (χ0v) is 10.2. The summed E-state index contributed by atoms with van der Waals surface area (Å²) in [6.45, 7) is 5.13. The highest BCUT2D eigenvalue weighted by Crippen LogP contribution is 2.14. The van der Waals surface area contributed by atoms with Crippen LogP contribution in [0.15, 0.2) is 18.2 Å². The van der Waals surface area contributed by atoms with Crippen LogP contribution in [0.3, 0.4) is 0 Å². The molecule has 0 spiro atoms. The topological polar surface area (TPSA) is 52.0 Å². The summed E-state index contributed by atoms with van der Waals surface area (Å²) in [4.78, 5) is 6.57. The van der Waals surface area contributed by atoms with Crippen molar-refractivity contribution in [3.8, 4) is 6.07 Å². The summed E-state index contributed by atoms with van der Waals surface area (Å²) in [5, 5.41) is 12.3. The van der Waals surface area contributed by atoms with Crippen molar-refractivity contribution < 1.29 is 0 Å². The summed E-state index contributed by atoms with van der Waals surface area (Å²) in [5.41, 5.74) is 0.486. The fourth-order valence-electron chi connectivity index (χ4n) is 2.22. The largest absolute Gasteiger partial charge is 0.355 e. The van der Waals surface area contributed by atoms with E-state index >= 15 is 0 Å². The molecule has 1 aliphatic rings. The van der Waals surface area contributed by atoms with Gasteiger partial charge in [0.25, 0.3) is 0 Å². The van der Waals surface area contributed by atoms with Crippen LogP contribution in [0.1, 0.15) is 25.5 Å². The third kappa shape index (κ3) is 2.95. The summed E-state index contributed by atoms with van der Waals surface area (Å²) in [6, 6.07) is 8.25. The van der Waals surface area contributed by atoms with Crippen molar-refractivity contribution in [2.24, 2.45) is 0 Å². The molecule has 0 radical (unpaired) electrons. The normalized spacial score (nSPS) is 18.9. The molecular weight excluding hydrogens is 212 g/mol. The second kappa shape index (κ2) is 5.65. The number of hydrogen-bond acceptors (Lipinski definition) is 4. The molecule has 0 aromatic carbocycles. The Bertz CT molecular complexity index is 404. The van der Waals surface area contributed by atoms with Gasteiger partial charge in [-0.3, -0.25) is 0 Å². The summed E-state index contributed by atoms with van der Waals surface area (Å²) in [7, 11) is 0. The fraction of sp³-hybridized carbons (Fsp3) is 0.538. The average molecular weight is 230 g/mol. The molecule has 1 fully saturated rings. The molecule has 4 heteroatoms. The number of aromatic nitrogens is 1. The first-order valence-corrected chi connectivity index (χ1v) is 6.19. The molecular formula is C13H18N4. The van der Waals surface area contributed by atoms with Crippen molar-refractivity contribution in [2.45, 2.75) is 25.8 Å². The predicted octanol–water partition coefficient (Wildman–Crippen LogP) is 1.53. The van der Waals surface area contributed by atoms with Gasteiger partial charge in [-0.1, -0.05) is 6.07 Å². The fourth-order valence-corrected chi connectivity index (χ4v) is 2.22. The molecule has 0 saturated carbocycles. The Labute approximate surface area is 102 Å². The van der Waals surface area contributed by atoms with Gasteiger partial charge in [0.1, 0.15) is 17.6 Å². The molecule has 1 unspecified atom stereocenters. The molecule has 2 rings (SSSR count). The standard InChI is InChI=1S/C13H18N4/c1-2-17(10-12-6-4-8-15-12)13-7-3-5-11(9-14)16-13/h3,5,7,12,15H,2,4,6,8,10H2,1H3. The van der Waals surface area contributed by atoms with Crippen LogP contribution in [0.2, 0.25) is 0 Å². The number of nitrogens with one attached hydrogen (secondary N) is 1. The Kier molecular flexibility index (Phi) is 3.94. The maximum atomic E-state index is 8.86. The van der Waals surface area contributed by atoms with Crippen LogP contribution in [0.5, 0.6) is 0 Å². The minimum absolute atomic E-state index is 0.486. The van der Waals surface area contributed by atoms with E-state index in [0.717, 1.165) is 25.5 Å². The molecule has 0 aliphatic carbocycles. The zero-order chi connectivity index (χ0) is 12.1. The van der Waals surface area contributed by atoms with Gasteiger partial charge in [0.15, 0.2) is 0 Å². The van der Waals surface area contributed by atoms with Crippen molar-refractivity contribution in [1.82, 2.24) is 10.3 Å². The lowest BCUT2D eigenvalue weighted by atomic mass is 10.2. The first-order valence-electron chi connectivity index (χ1n) is 6.19. The van der Waals surface area contributed by atoms with Gasteiger partial charge in [0.05, 0.1) is 0 Å². The van der Waals surface area contributed by atoms with Gasteiger partial charge < -0.3 is 10.2 Å². The van der Waals surface area contributed by atoms with Crippen molar-refractivity contribution in [3.05, 3.63) is 23.9 Å². The lowest BCUT2D eigenvalue weighted by molar-refractivity contribution is 0.583. The monoisotopic (exact) mass is 230 g/mol. The van der Waals surface area contributed by atoms with Crippen LogP contribution in [0.4, 0.5) is 5.82 Å². The molecule has 1 N–H and O–H groups in total. The van der Waals surface area contributed by atoms with Gasteiger partial charge in [0.2, 0.25) is 0 Å². The van der Waals surface area contributed by atoms with Crippen LogP contribution in [-0.2, 0) is 0 Å². The Morgan fingerprint density at radius 1 is 1.59 bits per heavy atom. The number of nitrogens with zero attached hydrogens (tertiary/aromatic N) is 3. The van der Waals surface area contributed by atoms with E-state index in [1.807, 2.05) is 12.1 Å². The van der Waals surface area contributed by atoms with E-state index < -0.39 is 0 Å². The number of pyridine rings is 1. The van der Waals surface area contributed by atoms with Crippen LogP contribution >= 0.6 is 0 Å². The second-order valence-corrected chi connectivity index (χ2v) is 4.32. The molecule has 17 heavy (non-hydrogen) atoms. The highest BCUT2D eigenvalue weighted by molar-refractivity contribution is 5.41. The number of likely N-dealkylation sites (N-methyl/N-ethyl adjacent to an activating group) is 1.